The first-order chi connectivity index (χ1) is 9.87. The molecule has 2 aromatic rings. The van der Waals surface area contributed by atoms with Crippen LogP contribution in [0.25, 0.3) is 10.8 Å². The van der Waals surface area contributed by atoms with Crippen LogP contribution in [0.2, 0.25) is 0 Å². The van der Waals surface area contributed by atoms with Gasteiger partial charge >= 0.3 is 5.97 Å². The standard InChI is InChI=1S/C15H10BrCl3O2/c16-11-6-4-9-2-1-8-3-5-10(13(11)12(8)9)14(20)21-7-15(17,18)19/h3-6H,1-2,7H2. The molecule has 0 saturated carbocycles. The molecule has 0 saturated heterocycles. The van der Waals surface area contributed by atoms with Crippen LogP contribution in [0, 0.1) is 0 Å². The lowest BCUT2D eigenvalue weighted by atomic mass is 10.00. The number of hydrogen-bond donors (Lipinski definition) is 0. The van der Waals surface area contributed by atoms with E-state index in [1.165, 1.54) is 11.1 Å². The maximum atomic E-state index is 12.3. The van der Waals surface area contributed by atoms with Gasteiger partial charge in [0.15, 0.2) is 0 Å². The summed E-state index contributed by atoms with van der Waals surface area (Å²) in [5, 5.41) is 2.00. The summed E-state index contributed by atoms with van der Waals surface area (Å²) in [6, 6.07) is 7.78. The zero-order valence-corrected chi connectivity index (χ0v) is 14.6. The maximum Gasteiger partial charge on any atom is 0.338 e. The van der Waals surface area contributed by atoms with Crippen molar-refractivity contribution in [3.05, 3.63) is 45.4 Å². The summed E-state index contributed by atoms with van der Waals surface area (Å²) in [6.45, 7) is -0.281. The minimum Gasteiger partial charge on any atom is -0.458 e. The van der Waals surface area contributed by atoms with Crippen LogP contribution >= 0.6 is 50.7 Å². The summed E-state index contributed by atoms with van der Waals surface area (Å²) in [7, 11) is 0. The molecule has 0 radical (unpaired) electrons. The Morgan fingerprint density at radius 3 is 2.33 bits per heavy atom. The second-order valence-corrected chi connectivity index (χ2v) is 8.29. The normalized spacial score (nSPS) is 13.7. The molecule has 3 rings (SSSR count). The third kappa shape index (κ3) is 3.02. The Bertz CT molecular complexity index is 728. The van der Waals surface area contributed by atoms with Gasteiger partial charge in [-0.1, -0.05) is 62.9 Å². The lowest BCUT2D eigenvalue weighted by Crippen LogP contribution is -2.17. The molecular weight excluding hydrogens is 398 g/mol. The maximum absolute atomic E-state index is 12.3. The van der Waals surface area contributed by atoms with E-state index in [-0.39, 0.29) is 6.61 Å². The number of alkyl halides is 3. The topological polar surface area (TPSA) is 26.3 Å². The summed E-state index contributed by atoms with van der Waals surface area (Å²) in [4.78, 5) is 12.3. The largest absolute Gasteiger partial charge is 0.458 e. The highest BCUT2D eigenvalue weighted by Gasteiger charge is 2.25. The van der Waals surface area contributed by atoms with Crippen molar-refractivity contribution in [2.75, 3.05) is 6.61 Å². The molecule has 2 nitrogen and oxygen atoms in total. The van der Waals surface area contributed by atoms with Crippen LogP contribution in [0.3, 0.4) is 0 Å². The van der Waals surface area contributed by atoms with E-state index in [2.05, 4.69) is 22.0 Å². The first kappa shape index (κ1) is 15.4. The van der Waals surface area contributed by atoms with Crippen molar-refractivity contribution in [1.29, 1.82) is 0 Å². The van der Waals surface area contributed by atoms with Gasteiger partial charge in [0.2, 0.25) is 3.79 Å². The Hall–Kier alpha value is -0.480. The highest BCUT2D eigenvalue weighted by Crippen LogP contribution is 2.37. The molecule has 0 amide bonds. The van der Waals surface area contributed by atoms with Crippen molar-refractivity contribution in [1.82, 2.24) is 0 Å². The average molecular weight is 409 g/mol. The van der Waals surface area contributed by atoms with E-state index in [9.17, 15) is 4.79 Å². The lowest BCUT2D eigenvalue weighted by molar-refractivity contribution is 0.0514. The molecular formula is C15H10BrCl3O2. The van der Waals surface area contributed by atoms with Gasteiger partial charge in [-0.2, -0.15) is 0 Å². The van der Waals surface area contributed by atoms with Gasteiger partial charge in [-0.15, -0.1) is 0 Å². The van der Waals surface area contributed by atoms with E-state index in [1.54, 1.807) is 6.07 Å². The number of esters is 1. The number of benzene rings is 2. The number of halogens is 4. The van der Waals surface area contributed by atoms with E-state index >= 15 is 0 Å². The van der Waals surface area contributed by atoms with Gasteiger partial charge in [0, 0.05) is 9.86 Å². The van der Waals surface area contributed by atoms with E-state index in [1.807, 2.05) is 12.1 Å². The van der Waals surface area contributed by atoms with Crippen molar-refractivity contribution >= 4 is 67.5 Å². The lowest BCUT2D eigenvalue weighted by Gasteiger charge is -2.13. The molecule has 0 aromatic heterocycles. The fourth-order valence-electron chi connectivity index (χ4n) is 2.68. The number of carbonyl (C=O) groups is 1. The second kappa shape index (κ2) is 5.62. The predicted octanol–water partition coefficient (Wildman–Crippen LogP) is 5.23. The summed E-state index contributed by atoms with van der Waals surface area (Å²) < 4.78 is 4.36. The number of carbonyl (C=O) groups excluding carboxylic acids is 1. The summed E-state index contributed by atoms with van der Waals surface area (Å²) >= 11 is 20.4. The Morgan fingerprint density at radius 1 is 1.10 bits per heavy atom. The zero-order chi connectivity index (χ0) is 15.2. The molecule has 0 N–H and O–H groups in total. The molecule has 0 heterocycles. The van der Waals surface area contributed by atoms with Gasteiger partial charge < -0.3 is 4.74 Å². The van der Waals surface area contributed by atoms with Crippen LogP contribution in [0.4, 0.5) is 0 Å². The highest BCUT2D eigenvalue weighted by molar-refractivity contribution is 9.10. The second-order valence-electron chi connectivity index (χ2n) is 4.92. The van der Waals surface area contributed by atoms with Gasteiger partial charge in [0.05, 0.1) is 5.56 Å². The van der Waals surface area contributed by atoms with Crippen LogP contribution in [-0.4, -0.2) is 16.4 Å². The molecule has 0 unspecified atom stereocenters. The first-order valence-corrected chi connectivity index (χ1v) is 8.26. The molecule has 2 aromatic carbocycles. The van der Waals surface area contributed by atoms with Crippen molar-refractivity contribution in [2.24, 2.45) is 0 Å². The summed E-state index contributed by atoms with van der Waals surface area (Å²) in [5.74, 6) is -0.488. The fourth-order valence-corrected chi connectivity index (χ4v) is 3.39. The minimum absolute atomic E-state index is 0.281. The number of rotatable bonds is 2. The zero-order valence-electron chi connectivity index (χ0n) is 10.8. The molecule has 0 bridgehead atoms. The molecule has 110 valence electrons. The summed E-state index contributed by atoms with van der Waals surface area (Å²) in [6.07, 6.45) is 1.98. The number of hydrogen-bond acceptors (Lipinski definition) is 2. The van der Waals surface area contributed by atoms with Crippen LogP contribution < -0.4 is 0 Å². The quantitative estimate of drug-likeness (QED) is 0.503. The molecule has 0 fully saturated rings. The first-order valence-electron chi connectivity index (χ1n) is 6.33. The SMILES string of the molecule is O=C(OCC(Cl)(Cl)Cl)c1ccc2c3c(ccc(Br)c13)CC2. The van der Waals surface area contributed by atoms with Crippen LogP contribution in [0.1, 0.15) is 21.5 Å². The molecule has 6 heteroatoms. The minimum atomic E-state index is -1.61. The van der Waals surface area contributed by atoms with Gasteiger partial charge in [-0.3, -0.25) is 0 Å². The third-order valence-electron chi connectivity index (χ3n) is 3.53. The van der Waals surface area contributed by atoms with Crippen LogP contribution in [-0.2, 0) is 17.6 Å². The van der Waals surface area contributed by atoms with Crippen molar-refractivity contribution in [2.45, 2.75) is 16.6 Å². The van der Waals surface area contributed by atoms with Crippen LogP contribution in [0.15, 0.2) is 28.7 Å². The Kier molecular flexibility index (Phi) is 4.12. The molecule has 1 aliphatic carbocycles. The average Bonchev–Trinajstić information content (AvgIpc) is 2.83. The smallest absolute Gasteiger partial charge is 0.338 e. The molecule has 21 heavy (non-hydrogen) atoms. The van der Waals surface area contributed by atoms with Gasteiger partial charge in [0.25, 0.3) is 0 Å². The van der Waals surface area contributed by atoms with Gasteiger partial charge in [0.1, 0.15) is 6.61 Å². The Balaban J connectivity index is 2.06. The predicted molar refractivity (Wildman–Crippen MR) is 89.6 cm³/mol. The van der Waals surface area contributed by atoms with Crippen LogP contribution in [0.5, 0.6) is 0 Å². The summed E-state index contributed by atoms with van der Waals surface area (Å²) in [5.41, 5.74) is 2.98. The van der Waals surface area contributed by atoms with Crippen molar-refractivity contribution in [3.8, 4) is 0 Å². The third-order valence-corrected chi connectivity index (χ3v) is 4.52. The fraction of sp³-hybridized carbons (Fsp3) is 0.267. The van der Waals surface area contributed by atoms with E-state index in [0.717, 1.165) is 28.1 Å². The molecule has 0 atom stereocenters. The molecule has 1 aliphatic rings. The Labute approximate surface area is 145 Å². The van der Waals surface area contributed by atoms with E-state index in [4.69, 9.17) is 39.5 Å². The van der Waals surface area contributed by atoms with E-state index in [0.29, 0.717) is 5.56 Å². The van der Waals surface area contributed by atoms with Crippen molar-refractivity contribution < 1.29 is 9.53 Å². The Morgan fingerprint density at radius 2 is 1.71 bits per heavy atom. The highest BCUT2D eigenvalue weighted by atomic mass is 79.9. The van der Waals surface area contributed by atoms with Gasteiger partial charge in [-0.25, -0.2) is 4.79 Å². The molecule has 0 aliphatic heterocycles. The van der Waals surface area contributed by atoms with Crippen molar-refractivity contribution in [3.63, 3.8) is 0 Å². The number of aryl methyl sites for hydroxylation is 2. The van der Waals surface area contributed by atoms with E-state index < -0.39 is 9.76 Å². The molecule has 0 spiro atoms. The monoisotopic (exact) mass is 406 g/mol. The number of ether oxygens (including phenoxy) is 1. The van der Waals surface area contributed by atoms with Gasteiger partial charge in [-0.05, 0) is 41.5 Å².